The van der Waals surface area contributed by atoms with Crippen LogP contribution >= 0.6 is 11.6 Å². The predicted molar refractivity (Wildman–Crippen MR) is 110 cm³/mol. The van der Waals surface area contributed by atoms with Crippen molar-refractivity contribution in [3.63, 3.8) is 0 Å². The number of methoxy groups -OCH3 is 1. The lowest BCUT2D eigenvalue weighted by molar-refractivity contribution is -0.386. The lowest BCUT2D eigenvalue weighted by Crippen LogP contribution is -2.16. The van der Waals surface area contributed by atoms with Gasteiger partial charge in [0.05, 0.1) is 17.6 Å². The third kappa shape index (κ3) is 5.28. The SMILES string of the molecule is COc1ccc(Cl)cc1/C(N)=N/OC(=O)c1ccn(COc2ccccc2[N+](=O)[O-])n1. The van der Waals surface area contributed by atoms with Crippen molar-refractivity contribution in [2.45, 2.75) is 6.73 Å². The zero-order valence-corrected chi connectivity index (χ0v) is 16.9. The van der Waals surface area contributed by atoms with Crippen LogP contribution in [0.3, 0.4) is 0 Å². The topological polar surface area (TPSA) is 144 Å². The van der Waals surface area contributed by atoms with E-state index in [1.807, 2.05) is 0 Å². The van der Waals surface area contributed by atoms with Crippen molar-refractivity contribution in [1.82, 2.24) is 9.78 Å². The summed E-state index contributed by atoms with van der Waals surface area (Å²) < 4.78 is 11.8. The van der Waals surface area contributed by atoms with E-state index in [4.69, 9.17) is 31.6 Å². The zero-order chi connectivity index (χ0) is 22.4. The maximum atomic E-state index is 12.2. The summed E-state index contributed by atoms with van der Waals surface area (Å²) >= 11 is 5.94. The van der Waals surface area contributed by atoms with Crippen molar-refractivity contribution < 1.29 is 24.0 Å². The van der Waals surface area contributed by atoms with Crippen LogP contribution in [0.25, 0.3) is 0 Å². The van der Waals surface area contributed by atoms with E-state index in [0.29, 0.717) is 16.3 Å². The van der Waals surface area contributed by atoms with Gasteiger partial charge in [0, 0.05) is 17.3 Å². The molecule has 12 heteroatoms. The molecule has 0 bridgehead atoms. The van der Waals surface area contributed by atoms with Crippen molar-refractivity contribution in [3.05, 3.63) is 81.1 Å². The Balaban J connectivity index is 1.65. The van der Waals surface area contributed by atoms with Gasteiger partial charge in [0.15, 0.2) is 24.0 Å². The number of para-hydroxylation sites is 2. The standard InChI is InChI=1S/C19H16ClN5O6/c1-29-16-7-6-12(20)10-13(16)18(21)23-31-19(26)14-8-9-24(22-14)11-30-17-5-3-2-4-15(17)25(27)28/h2-10H,11H2,1H3,(H2,21,23). The second-order valence-electron chi connectivity index (χ2n) is 5.94. The average Bonchev–Trinajstić information content (AvgIpc) is 3.25. The normalized spacial score (nSPS) is 11.1. The summed E-state index contributed by atoms with van der Waals surface area (Å²) in [5, 5.41) is 19.0. The Morgan fingerprint density at radius 3 is 2.77 bits per heavy atom. The minimum absolute atomic E-state index is 0.0687. The predicted octanol–water partition coefficient (Wildman–Crippen LogP) is 2.97. The van der Waals surface area contributed by atoms with Crippen LogP contribution in [-0.4, -0.2) is 33.6 Å². The summed E-state index contributed by atoms with van der Waals surface area (Å²) in [7, 11) is 1.45. The van der Waals surface area contributed by atoms with E-state index >= 15 is 0 Å². The quantitative estimate of drug-likeness (QED) is 0.183. The van der Waals surface area contributed by atoms with E-state index < -0.39 is 10.9 Å². The van der Waals surface area contributed by atoms with Crippen molar-refractivity contribution >= 4 is 29.1 Å². The van der Waals surface area contributed by atoms with Crippen LogP contribution in [0.5, 0.6) is 11.5 Å². The van der Waals surface area contributed by atoms with Gasteiger partial charge >= 0.3 is 11.7 Å². The summed E-state index contributed by atoms with van der Waals surface area (Å²) in [4.78, 5) is 27.5. The molecule has 1 heterocycles. The third-order valence-corrected chi connectivity index (χ3v) is 4.16. The fourth-order valence-corrected chi connectivity index (χ4v) is 2.65. The Morgan fingerprint density at radius 1 is 1.26 bits per heavy atom. The van der Waals surface area contributed by atoms with Crippen molar-refractivity contribution in [2.75, 3.05) is 7.11 Å². The Labute approximate surface area is 180 Å². The maximum absolute atomic E-state index is 12.2. The highest BCUT2D eigenvalue weighted by Gasteiger charge is 2.16. The van der Waals surface area contributed by atoms with Crippen molar-refractivity contribution in [3.8, 4) is 11.5 Å². The van der Waals surface area contributed by atoms with E-state index in [1.165, 1.54) is 48.3 Å². The molecule has 0 fully saturated rings. The number of rotatable bonds is 8. The van der Waals surface area contributed by atoms with E-state index in [2.05, 4.69) is 10.3 Å². The number of hydrogen-bond donors (Lipinski definition) is 1. The summed E-state index contributed by atoms with van der Waals surface area (Å²) in [6, 6.07) is 12.0. The summed E-state index contributed by atoms with van der Waals surface area (Å²) in [6.45, 7) is -0.163. The highest BCUT2D eigenvalue weighted by atomic mass is 35.5. The molecule has 3 aromatic rings. The fraction of sp³-hybridized carbons (Fsp3) is 0.105. The lowest BCUT2D eigenvalue weighted by Gasteiger charge is -2.07. The van der Waals surface area contributed by atoms with E-state index in [-0.39, 0.29) is 29.7 Å². The summed E-state index contributed by atoms with van der Waals surface area (Å²) in [5.74, 6) is -0.515. The molecule has 0 saturated heterocycles. The Morgan fingerprint density at radius 2 is 2.03 bits per heavy atom. The number of nitrogens with zero attached hydrogens (tertiary/aromatic N) is 4. The van der Waals surface area contributed by atoms with E-state index in [0.717, 1.165) is 0 Å². The fourth-order valence-electron chi connectivity index (χ4n) is 2.48. The van der Waals surface area contributed by atoms with Crippen LogP contribution in [0.4, 0.5) is 5.69 Å². The molecule has 31 heavy (non-hydrogen) atoms. The Kier molecular flexibility index (Phi) is 6.67. The molecule has 0 radical (unpaired) electrons. The number of benzene rings is 2. The first kappa shape index (κ1) is 21.6. The number of halogens is 1. The van der Waals surface area contributed by atoms with Gasteiger partial charge in [-0.15, -0.1) is 0 Å². The van der Waals surface area contributed by atoms with Gasteiger partial charge in [0.2, 0.25) is 0 Å². The van der Waals surface area contributed by atoms with Crippen molar-refractivity contribution in [2.24, 2.45) is 10.9 Å². The molecular weight excluding hydrogens is 430 g/mol. The largest absolute Gasteiger partial charge is 0.496 e. The van der Waals surface area contributed by atoms with Gasteiger partial charge in [0.1, 0.15) is 5.75 Å². The molecule has 0 amide bonds. The molecule has 160 valence electrons. The monoisotopic (exact) mass is 445 g/mol. The average molecular weight is 446 g/mol. The molecule has 11 nitrogen and oxygen atoms in total. The Bertz CT molecular complexity index is 1150. The molecule has 1 aromatic heterocycles. The van der Waals surface area contributed by atoms with Gasteiger partial charge in [-0.05, 0) is 30.3 Å². The minimum Gasteiger partial charge on any atom is -0.496 e. The second kappa shape index (κ2) is 9.59. The number of nitro groups is 1. The highest BCUT2D eigenvalue weighted by molar-refractivity contribution is 6.31. The first-order chi connectivity index (χ1) is 14.9. The molecule has 0 aliphatic rings. The molecule has 3 rings (SSSR count). The molecule has 2 N–H and O–H groups in total. The first-order valence-electron chi connectivity index (χ1n) is 8.67. The maximum Gasteiger partial charge on any atom is 0.385 e. The van der Waals surface area contributed by atoms with Gasteiger partial charge < -0.3 is 20.0 Å². The molecule has 0 aliphatic heterocycles. The van der Waals surface area contributed by atoms with Crippen LogP contribution < -0.4 is 15.2 Å². The molecule has 2 aromatic carbocycles. The molecule has 0 atom stereocenters. The van der Waals surface area contributed by atoms with Gasteiger partial charge in [-0.2, -0.15) is 5.10 Å². The van der Waals surface area contributed by atoms with E-state index in [1.54, 1.807) is 18.2 Å². The first-order valence-corrected chi connectivity index (χ1v) is 9.05. The van der Waals surface area contributed by atoms with Crippen LogP contribution in [0.2, 0.25) is 5.02 Å². The number of ether oxygens (including phenoxy) is 2. The third-order valence-electron chi connectivity index (χ3n) is 3.93. The van der Waals surface area contributed by atoms with Crippen molar-refractivity contribution in [1.29, 1.82) is 0 Å². The highest BCUT2D eigenvalue weighted by Crippen LogP contribution is 2.26. The zero-order valence-electron chi connectivity index (χ0n) is 16.1. The number of oxime groups is 1. The minimum atomic E-state index is -0.867. The van der Waals surface area contributed by atoms with Gasteiger partial charge in [0.25, 0.3) is 0 Å². The van der Waals surface area contributed by atoms with Gasteiger partial charge in [-0.3, -0.25) is 10.1 Å². The van der Waals surface area contributed by atoms with Crippen LogP contribution in [-0.2, 0) is 11.6 Å². The number of nitrogens with two attached hydrogens (primary N) is 1. The van der Waals surface area contributed by atoms with E-state index in [9.17, 15) is 14.9 Å². The van der Waals surface area contributed by atoms with Crippen LogP contribution in [0, 0.1) is 10.1 Å². The smallest absolute Gasteiger partial charge is 0.385 e. The van der Waals surface area contributed by atoms with Crippen LogP contribution in [0.1, 0.15) is 16.1 Å². The molecule has 0 saturated carbocycles. The van der Waals surface area contributed by atoms with Crippen LogP contribution in [0.15, 0.2) is 59.9 Å². The lowest BCUT2D eigenvalue weighted by atomic mass is 10.2. The Hall–Kier alpha value is -4.12. The summed E-state index contributed by atoms with van der Waals surface area (Å²) in [6.07, 6.45) is 1.44. The molecule has 0 spiro atoms. The number of carbonyl (C=O) groups is 1. The van der Waals surface area contributed by atoms with Gasteiger partial charge in [-0.1, -0.05) is 28.9 Å². The van der Waals surface area contributed by atoms with Gasteiger partial charge in [-0.25, -0.2) is 9.48 Å². The number of aromatic nitrogens is 2. The summed E-state index contributed by atoms with van der Waals surface area (Å²) in [5.41, 5.74) is 5.96. The molecule has 0 aliphatic carbocycles. The molecular formula is C19H16ClN5O6. The number of nitro benzene ring substituents is 1. The number of amidine groups is 1. The number of hydrogen-bond acceptors (Lipinski definition) is 8. The molecule has 0 unspecified atom stereocenters. The second-order valence-corrected chi connectivity index (χ2v) is 6.38. The number of carbonyl (C=O) groups excluding carboxylic acids is 1.